The van der Waals surface area contributed by atoms with E-state index in [-0.39, 0.29) is 11.3 Å². The van der Waals surface area contributed by atoms with Gasteiger partial charge in [-0.2, -0.15) is 0 Å². The molecule has 1 aromatic heterocycles. The Morgan fingerprint density at radius 1 is 1.40 bits per heavy atom. The summed E-state index contributed by atoms with van der Waals surface area (Å²) in [5, 5.41) is 11.6. The Kier molecular flexibility index (Phi) is 4.60. The topological polar surface area (TPSA) is 66.4 Å². The Morgan fingerprint density at radius 3 is 2.75 bits per heavy atom. The number of hydrogen-bond donors (Lipinski definition) is 2. The average Bonchev–Trinajstić information content (AvgIpc) is 3.03. The van der Waals surface area contributed by atoms with E-state index in [1.165, 1.54) is 43.1 Å². The Bertz CT molecular complexity index is 527. The van der Waals surface area contributed by atoms with E-state index in [1.807, 2.05) is 0 Å². The van der Waals surface area contributed by atoms with E-state index in [4.69, 9.17) is 5.11 Å². The number of nitrogens with one attached hydrogen (secondary N) is 1. The zero-order valence-corrected chi connectivity index (χ0v) is 12.3. The Morgan fingerprint density at radius 2 is 2.10 bits per heavy atom. The average molecular weight is 293 g/mol. The van der Waals surface area contributed by atoms with E-state index in [0.717, 1.165) is 11.0 Å². The van der Waals surface area contributed by atoms with Crippen LogP contribution in [0.1, 0.15) is 47.2 Å². The lowest BCUT2D eigenvalue weighted by Crippen LogP contribution is -2.33. The van der Waals surface area contributed by atoms with Crippen LogP contribution in [-0.4, -0.2) is 23.5 Å². The highest BCUT2D eigenvalue weighted by molar-refractivity contribution is 7.14. The number of thiophene rings is 1. The van der Waals surface area contributed by atoms with Crippen LogP contribution in [0.3, 0.4) is 0 Å². The predicted molar refractivity (Wildman–Crippen MR) is 79.9 cm³/mol. The second-order valence-corrected chi connectivity index (χ2v) is 6.69. The van der Waals surface area contributed by atoms with Crippen molar-refractivity contribution in [3.05, 3.63) is 28.0 Å². The van der Waals surface area contributed by atoms with Gasteiger partial charge in [-0.15, -0.1) is 11.3 Å². The molecule has 0 unspecified atom stereocenters. The van der Waals surface area contributed by atoms with E-state index < -0.39 is 5.97 Å². The van der Waals surface area contributed by atoms with E-state index in [0.29, 0.717) is 11.4 Å². The van der Waals surface area contributed by atoms with Crippen LogP contribution in [0.5, 0.6) is 0 Å². The van der Waals surface area contributed by atoms with Gasteiger partial charge in [0.2, 0.25) is 0 Å². The molecule has 0 aromatic carbocycles. The number of amides is 1. The number of carbonyl (C=O) groups excluding carboxylic acids is 1. The first-order valence-electron chi connectivity index (χ1n) is 6.78. The van der Waals surface area contributed by atoms with Crippen molar-refractivity contribution in [2.45, 2.75) is 32.6 Å². The van der Waals surface area contributed by atoms with Crippen molar-refractivity contribution in [2.24, 2.45) is 5.41 Å². The summed E-state index contributed by atoms with van der Waals surface area (Å²) in [7, 11) is 0. The zero-order valence-electron chi connectivity index (χ0n) is 11.5. The van der Waals surface area contributed by atoms with E-state index >= 15 is 0 Å². The summed E-state index contributed by atoms with van der Waals surface area (Å²) in [6.07, 6.45) is 7.41. The molecule has 1 aliphatic rings. The van der Waals surface area contributed by atoms with Gasteiger partial charge in [-0.25, -0.2) is 4.79 Å². The number of rotatable bonds is 5. The monoisotopic (exact) mass is 293 g/mol. The van der Waals surface area contributed by atoms with Gasteiger partial charge in [0.15, 0.2) is 0 Å². The van der Waals surface area contributed by atoms with Gasteiger partial charge < -0.3 is 10.4 Å². The normalized spacial score (nSPS) is 17.4. The summed E-state index contributed by atoms with van der Waals surface area (Å²) in [5.74, 6) is -1.06. The maximum atomic E-state index is 12.1. The predicted octanol–water partition coefficient (Wildman–Crippen LogP) is 3.16. The fourth-order valence-corrected chi connectivity index (χ4v) is 3.33. The molecule has 1 amide bonds. The fraction of sp³-hybridized carbons (Fsp3) is 0.467. The maximum absolute atomic E-state index is 12.1. The van der Waals surface area contributed by atoms with Crippen molar-refractivity contribution in [1.82, 2.24) is 5.32 Å². The van der Waals surface area contributed by atoms with E-state index in [9.17, 15) is 9.59 Å². The molecule has 1 saturated carbocycles. The van der Waals surface area contributed by atoms with Crippen molar-refractivity contribution in [3.63, 3.8) is 0 Å². The molecule has 2 rings (SSSR count). The Labute approximate surface area is 122 Å². The highest BCUT2D eigenvalue weighted by atomic mass is 32.1. The molecule has 108 valence electrons. The third kappa shape index (κ3) is 3.93. The number of carbonyl (C=O) groups is 2. The van der Waals surface area contributed by atoms with Crippen LogP contribution in [-0.2, 0) is 4.79 Å². The van der Waals surface area contributed by atoms with Crippen molar-refractivity contribution in [1.29, 1.82) is 0 Å². The summed E-state index contributed by atoms with van der Waals surface area (Å²) in [6, 6.07) is 3.49. The van der Waals surface area contributed by atoms with E-state index in [1.54, 1.807) is 12.1 Å². The lowest BCUT2D eigenvalue weighted by Gasteiger charge is -2.23. The highest BCUT2D eigenvalue weighted by Gasteiger charge is 2.29. The Hall–Kier alpha value is -1.62. The van der Waals surface area contributed by atoms with Crippen LogP contribution in [0.25, 0.3) is 6.08 Å². The van der Waals surface area contributed by atoms with Gasteiger partial charge in [0.25, 0.3) is 5.91 Å². The summed E-state index contributed by atoms with van der Waals surface area (Å²) in [6.45, 7) is 2.93. The van der Waals surface area contributed by atoms with Gasteiger partial charge >= 0.3 is 5.97 Å². The molecule has 0 spiro atoms. The third-order valence-corrected chi connectivity index (χ3v) is 4.78. The quantitative estimate of drug-likeness (QED) is 0.820. The molecule has 4 nitrogen and oxygen atoms in total. The van der Waals surface area contributed by atoms with Crippen LogP contribution in [0.2, 0.25) is 0 Å². The van der Waals surface area contributed by atoms with Crippen LogP contribution >= 0.6 is 11.3 Å². The van der Waals surface area contributed by atoms with Gasteiger partial charge in [0, 0.05) is 17.5 Å². The highest BCUT2D eigenvalue weighted by Crippen LogP contribution is 2.36. The molecule has 0 atom stereocenters. The Balaban J connectivity index is 1.91. The third-order valence-electron chi connectivity index (χ3n) is 3.73. The smallest absolute Gasteiger partial charge is 0.328 e. The summed E-state index contributed by atoms with van der Waals surface area (Å²) < 4.78 is 0. The molecule has 0 aliphatic heterocycles. The van der Waals surface area contributed by atoms with Gasteiger partial charge in [-0.05, 0) is 36.5 Å². The first-order chi connectivity index (χ1) is 9.48. The van der Waals surface area contributed by atoms with Gasteiger partial charge in [-0.3, -0.25) is 4.79 Å². The largest absolute Gasteiger partial charge is 0.478 e. The SMILES string of the molecule is CC1(CNC(=O)c2ccc(C=CC(=O)O)s2)CCCC1. The fourth-order valence-electron chi connectivity index (χ4n) is 2.50. The lowest BCUT2D eigenvalue weighted by atomic mass is 9.89. The van der Waals surface area contributed by atoms with Crippen LogP contribution in [0, 0.1) is 5.41 Å². The first kappa shape index (κ1) is 14.8. The number of carboxylic acids is 1. The van der Waals surface area contributed by atoms with Gasteiger partial charge in [-0.1, -0.05) is 19.8 Å². The molecule has 1 aromatic rings. The molecule has 1 heterocycles. The van der Waals surface area contributed by atoms with Crippen molar-refractivity contribution >= 4 is 29.3 Å². The first-order valence-corrected chi connectivity index (χ1v) is 7.59. The van der Waals surface area contributed by atoms with Crippen LogP contribution in [0.4, 0.5) is 0 Å². The molecule has 5 heteroatoms. The molecule has 0 bridgehead atoms. The van der Waals surface area contributed by atoms with E-state index in [2.05, 4.69) is 12.2 Å². The van der Waals surface area contributed by atoms with Crippen LogP contribution in [0.15, 0.2) is 18.2 Å². The maximum Gasteiger partial charge on any atom is 0.328 e. The van der Waals surface area contributed by atoms with Crippen molar-refractivity contribution in [3.8, 4) is 0 Å². The molecule has 1 aliphatic carbocycles. The molecule has 0 saturated heterocycles. The minimum absolute atomic E-state index is 0.0712. The summed E-state index contributed by atoms with van der Waals surface area (Å²) in [5.41, 5.74) is 0.235. The van der Waals surface area contributed by atoms with Gasteiger partial charge in [0.05, 0.1) is 4.88 Å². The van der Waals surface area contributed by atoms with Crippen molar-refractivity contribution < 1.29 is 14.7 Å². The second-order valence-electron chi connectivity index (χ2n) is 5.57. The molecule has 0 radical (unpaired) electrons. The number of carboxylic acid groups (broad SMARTS) is 1. The van der Waals surface area contributed by atoms with Gasteiger partial charge in [0.1, 0.15) is 0 Å². The lowest BCUT2D eigenvalue weighted by molar-refractivity contribution is -0.131. The zero-order chi connectivity index (χ0) is 14.6. The summed E-state index contributed by atoms with van der Waals surface area (Å²) >= 11 is 1.30. The molecular formula is C15H19NO3S. The number of hydrogen-bond acceptors (Lipinski definition) is 3. The molecule has 2 N–H and O–H groups in total. The summed E-state index contributed by atoms with van der Waals surface area (Å²) in [4.78, 5) is 23.9. The molecule has 1 fully saturated rings. The second kappa shape index (κ2) is 6.22. The molecular weight excluding hydrogens is 274 g/mol. The standard InChI is InChI=1S/C15H19NO3S/c1-15(8-2-3-9-15)10-16-14(19)12-6-4-11(20-12)5-7-13(17)18/h4-7H,2-3,8-10H2,1H3,(H,16,19)(H,17,18). The number of aliphatic carboxylic acids is 1. The molecule has 20 heavy (non-hydrogen) atoms. The van der Waals surface area contributed by atoms with Crippen LogP contribution < -0.4 is 5.32 Å². The minimum Gasteiger partial charge on any atom is -0.478 e. The van der Waals surface area contributed by atoms with Crippen molar-refractivity contribution in [2.75, 3.05) is 6.54 Å². The minimum atomic E-state index is -0.987.